The molecule has 5 nitrogen and oxygen atoms in total. The first-order valence-electron chi connectivity index (χ1n) is 5.56. The van der Waals surface area contributed by atoms with Crippen LogP contribution in [-0.2, 0) is 0 Å². The van der Waals surface area contributed by atoms with Crippen molar-refractivity contribution in [1.29, 1.82) is 0 Å². The molecule has 0 spiro atoms. The van der Waals surface area contributed by atoms with Crippen LogP contribution in [0.5, 0.6) is 0 Å². The first-order valence-corrected chi connectivity index (χ1v) is 5.56. The van der Waals surface area contributed by atoms with Crippen molar-refractivity contribution in [1.82, 2.24) is 0 Å². The van der Waals surface area contributed by atoms with Gasteiger partial charge in [-0.05, 0) is 30.3 Å². The summed E-state index contributed by atoms with van der Waals surface area (Å²) in [6.07, 6.45) is 0. The number of carbonyl (C=O) groups is 2. The number of benzene rings is 2. The maximum absolute atomic E-state index is 11.9. The Morgan fingerprint density at radius 1 is 1.00 bits per heavy atom. The third kappa shape index (κ3) is 3.10. The van der Waals surface area contributed by atoms with Gasteiger partial charge in [-0.2, -0.15) is 0 Å². The first-order chi connectivity index (χ1) is 9.06. The quantitative estimate of drug-likeness (QED) is 0.734. The van der Waals surface area contributed by atoms with Crippen LogP contribution in [0.25, 0.3) is 0 Å². The van der Waals surface area contributed by atoms with Gasteiger partial charge in [0.15, 0.2) is 0 Å². The van der Waals surface area contributed by atoms with Gasteiger partial charge in [0.25, 0.3) is 5.91 Å². The lowest BCUT2D eigenvalue weighted by atomic mass is 10.1. The number of hydrogen-bond acceptors (Lipinski definition) is 3. The van der Waals surface area contributed by atoms with Crippen molar-refractivity contribution in [2.75, 3.05) is 11.1 Å². The Morgan fingerprint density at radius 2 is 1.68 bits per heavy atom. The van der Waals surface area contributed by atoms with Gasteiger partial charge in [-0.15, -0.1) is 0 Å². The number of carbonyl (C=O) groups excluding carboxylic acids is 1. The van der Waals surface area contributed by atoms with E-state index in [4.69, 9.17) is 10.8 Å². The largest absolute Gasteiger partial charge is 0.478 e. The van der Waals surface area contributed by atoms with Gasteiger partial charge in [-0.3, -0.25) is 4.79 Å². The number of rotatable bonds is 3. The van der Waals surface area contributed by atoms with Crippen molar-refractivity contribution in [3.63, 3.8) is 0 Å². The van der Waals surface area contributed by atoms with Crippen LogP contribution in [0, 0.1) is 0 Å². The van der Waals surface area contributed by atoms with Crippen LogP contribution in [0.1, 0.15) is 20.7 Å². The summed E-state index contributed by atoms with van der Waals surface area (Å²) < 4.78 is 0. The topological polar surface area (TPSA) is 92.4 Å². The monoisotopic (exact) mass is 256 g/mol. The number of aromatic carboxylic acids is 1. The molecule has 0 aliphatic carbocycles. The highest BCUT2D eigenvalue weighted by Crippen LogP contribution is 2.17. The molecule has 0 fully saturated rings. The van der Waals surface area contributed by atoms with Gasteiger partial charge in [0, 0.05) is 16.9 Å². The zero-order valence-electron chi connectivity index (χ0n) is 9.96. The fourth-order valence-electron chi connectivity index (χ4n) is 1.64. The molecule has 2 aromatic carbocycles. The average molecular weight is 256 g/mol. The normalized spacial score (nSPS) is 9.89. The third-order valence-corrected chi connectivity index (χ3v) is 2.50. The molecule has 0 bridgehead atoms. The molecule has 5 heteroatoms. The minimum atomic E-state index is -1.09. The van der Waals surface area contributed by atoms with Crippen molar-refractivity contribution in [3.8, 4) is 0 Å². The Bertz CT molecular complexity index is 624. The van der Waals surface area contributed by atoms with Crippen LogP contribution in [0.4, 0.5) is 11.4 Å². The summed E-state index contributed by atoms with van der Waals surface area (Å²) in [5.74, 6) is -1.41. The molecule has 0 unspecified atom stereocenters. The third-order valence-electron chi connectivity index (χ3n) is 2.50. The predicted octanol–water partition coefficient (Wildman–Crippen LogP) is 2.22. The van der Waals surface area contributed by atoms with Crippen molar-refractivity contribution in [3.05, 3.63) is 59.7 Å². The van der Waals surface area contributed by atoms with Gasteiger partial charge in [-0.25, -0.2) is 4.79 Å². The minimum absolute atomic E-state index is 0.0309. The number of nitrogens with two attached hydrogens (primary N) is 1. The van der Waals surface area contributed by atoms with Crippen molar-refractivity contribution < 1.29 is 14.7 Å². The molecule has 4 N–H and O–H groups in total. The predicted molar refractivity (Wildman–Crippen MR) is 72.2 cm³/mol. The Labute approximate surface area is 109 Å². The van der Waals surface area contributed by atoms with Gasteiger partial charge >= 0.3 is 5.97 Å². The van der Waals surface area contributed by atoms with Crippen molar-refractivity contribution in [2.24, 2.45) is 0 Å². The molecule has 0 radical (unpaired) electrons. The molecule has 1 amide bonds. The number of anilines is 2. The van der Waals surface area contributed by atoms with Crippen molar-refractivity contribution in [2.45, 2.75) is 0 Å². The lowest BCUT2D eigenvalue weighted by Crippen LogP contribution is -2.12. The maximum atomic E-state index is 11.9. The molecule has 0 aliphatic heterocycles. The van der Waals surface area contributed by atoms with Gasteiger partial charge in [0.1, 0.15) is 0 Å². The van der Waals surface area contributed by atoms with Gasteiger partial charge in [-0.1, -0.05) is 18.2 Å². The smallest absolute Gasteiger partial charge is 0.335 e. The van der Waals surface area contributed by atoms with E-state index < -0.39 is 5.97 Å². The van der Waals surface area contributed by atoms with Crippen LogP contribution in [0.3, 0.4) is 0 Å². The minimum Gasteiger partial charge on any atom is -0.478 e. The second-order valence-electron chi connectivity index (χ2n) is 3.97. The fourth-order valence-corrected chi connectivity index (χ4v) is 1.64. The molecule has 2 aromatic rings. The SMILES string of the molecule is Nc1cc(NC(=O)c2ccccc2)cc(C(=O)O)c1. The first kappa shape index (κ1) is 12.6. The highest BCUT2D eigenvalue weighted by molar-refractivity contribution is 6.05. The summed E-state index contributed by atoms with van der Waals surface area (Å²) in [5, 5.41) is 11.5. The second kappa shape index (κ2) is 5.22. The number of nitrogens with one attached hydrogen (secondary N) is 1. The van der Waals surface area contributed by atoms with Crippen LogP contribution < -0.4 is 11.1 Å². The van der Waals surface area contributed by atoms with E-state index in [1.165, 1.54) is 18.2 Å². The Kier molecular flexibility index (Phi) is 3.47. The number of carboxylic acid groups (broad SMARTS) is 1. The molecule has 0 aromatic heterocycles. The van der Waals surface area contributed by atoms with E-state index in [1.54, 1.807) is 30.3 Å². The van der Waals surface area contributed by atoms with Gasteiger partial charge < -0.3 is 16.2 Å². The van der Waals surface area contributed by atoms with E-state index in [1.807, 2.05) is 0 Å². The van der Waals surface area contributed by atoms with E-state index in [2.05, 4.69) is 5.32 Å². The molecule has 96 valence electrons. The molecule has 0 saturated carbocycles. The summed E-state index contributed by atoms with van der Waals surface area (Å²) in [5.41, 5.74) is 6.75. The summed E-state index contributed by atoms with van der Waals surface area (Å²) in [6, 6.07) is 12.8. The molecule has 0 saturated heterocycles. The number of hydrogen-bond donors (Lipinski definition) is 3. The highest BCUT2D eigenvalue weighted by atomic mass is 16.4. The zero-order valence-corrected chi connectivity index (χ0v) is 9.96. The molecular formula is C14H12N2O3. The summed E-state index contributed by atoms with van der Waals surface area (Å²) >= 11 is 0. The lowest BCUT2D eigenvalue weighted by Gasteiger charge is -2.07. The lowest BCUT2D eigenvalue weighted by molar-refractivity contribution is 0.0696. The Morgan fingerprint density at radius 3 is 2.32 bits per heavy atom. The zero-order chi connectivity index (χ0) is 13.8. The van der Waals surface area contributed by atoms with Crippen LogP contribution in [-0.4, -0.2) is 17.0 Å². The van der Waals surface area contributed by atoms with Crippen LogP contribution in [0.2, 0.25) is 0 Å². The van der Waals surface area contributed by atoms with Crippen LogP contribution in [0.15, 0.2) is 48.5 Å². The molecule has 0 aliphatic rings. The second-order valence-corrected chi connectivity index (χ2v) is 3.97. The van der Waals surface area contributed by atoms with E-state index >= 15 is 0 Å². The molecular weight excluding hydrogens is 244 g/mol. The Hall–Kier alpha value is -2.82. The van der Waals surface area contributed by atoms with Gasteiger partial charge in [0.05, 0.1) is 5.56 Å². The molecule has 0 heterocycles. The summed E-state index contributed by atoms with van der Waals surface area (Å²) in [7, 11) is 0. The fraction of sp³-hybridized carbons (Fsp3) is 0. The standard InChI is InChI=1S/C14H12N2O3/c15-11-6-10(14(18)19)7-12(8-11)16-13(17)9-4-2-1-3-5-9/h1-8H,15H2,(H,16,17)(H,18,19). The van der Waals surface area contributed by atoms with Crippen molar-refractivity contribution >= 4 is 23.3 Å². The van der Waals surface area contributed by atoms with Gasteiger partial charge in [0.2, 0.25) is 0 Å². The maximum Gasteiger partial charge on any atom is 0.335 e. The molecule has 2 rings (SSSR count). The summed E-state index contributed by atoms with van der Waals surface area (Å²) in [4.78, 5) is 22.8. The average Bonchev–Trinajstić information content (AvgIpc) is 2.39. The van der Waals surface area contributed by atoms with E-state index in [9.17, 15) is 9.59 Å². The number of carboxylic acids is 1. The Balaban J connectivity index is 2.24. The van der Waals surface area contributed by atoms with E-state index in [-0.39, 0.29) is 17.2 Å². The van der Waals surface area contributed by atoms with E-state index in [0.717, 1.165) is 0 Å². The number of nitrogen functional groups attached to an aromatic ring is 1. The number of amides is 1. The molecule has 19 heavy (non-hydrogen) atoms. The molecule has 0 atom stereocenters. The van der Waals surface area contributed by atoms with Crippen LogP contribution >= 0.6 is 0 Å². The summed E-state index contributed by atoms with van der Waals surface area (Å²) in [6.45, 7) is 0. The highest BCUT2D eigenvalue weighted by Gasteiger charge is 2.09. The van der Waals surface area contributed by atoms with E-state index in [0.29, 0.717) is 11.3 Å².